The number of rotatable bonds is 8. The van der Waals surface area contributed by atoms with Gasteiger partial charge < -0.3 is 10.2 Å². The number of carbonyl (C=O) groups excluding carboxylic acids is 1. The molecule has 1 amide bonds. The number of hydrogen-bond acceptors (Lipinski definition) is 4. The molecule has 0 atom stereocenters. The van der Waals surface area contributed by atoms with Crippen molar-refractivity contribution in [3.8, 4) is 0 Å². The van der Waals surface area contributed by atoms with Gasteiger partial charge in [0.25, 0.3) is 0 Å². The molecule has 0 spiro atoms. The van der Waals surface area contributed by atoms with Crippen LogP contribution in [0.5, 0.6) is 0 Å². The van der Waals surface area contributed by atoms with Gasteiger partial charge in [-0.3, -0.25) is 4.79 Å². The molecular formula is C14H21Cl2N3O3S. The van der Waals surface area contributed by atoms with Crippen molar-refractivity contribution >= 4 is 44.8 Å². The van der Waals surface area contributed by atoms with Gasteiger partial charge in [-0.1, -0.05) is 23.2 Å². The molecule has 0 radical (unpaired) electrons. The number of sulfonamides is 1. The molecular weight excluding hydrogens is 361 g/mol. The molecule has 0 bridgehead atoms. The number of halogens is 2. The third kappa shape index (κ3) is 7.99. The van der Waals surface area contributed by atoms with Crippen LogP contribution in [0.2, 0.25) is 10.0 Å². The molecule has 1 aromatic rings. The average Bonchev–Trinajstić information content (AvgIpc) is 2.34. The molecule has 23 heavy (non-hydrogen) atoms. The van der Waals surface area contributed by atoms with Crippen molar-refractivity contribution in [2.24, 2.45) is 0 Å². The first-order valence-electron chi connectivity index (χ1n) is 6.93. The van der Waals surface area contributed by atoms with Crippen molar-refractivity contribution < 1.29 is 13.2 Å². The van der Waals surface area contributed by atoms with Crippen LogP contribution in [0, 0.1) is 0 Å². The van der Waals surface area contributed by atoms with Crippen molar-refractivity contribution in [3.05, 3.63) is 28.2 Å². The third-order valence-electron chi connectivity index (χ3n) is 2.95. The fourth-order valence-corrected chi connectivity index (χ4v) is 3.25. The minimum atomic E-state index is -3.46. The topological polar surface area (TPSA) is 69.7 Å². The van der Waals surface area contributed by atoms with Gasteiger partial charge >= 0.3 is 0 Å². The first-order chi connectivity index (χ1) is 10.6. The number of nitrogens with zero attached hydrogens (tertiary/aromatic N) is 2. The first kappa shape index (κ1) is 20.2. The highest BCUT2D eigenvalue weighted by Gasteiger charge is 2.20. The van der Waals surface area contributed by atoms with E-state index in [1.165, 1.54) is 0 Å². The van der Waals surface area contributed by atoms with Gasteiger partial charge in [-0.05, 0) is 45.3 Å². The number of benzene rings is 1. The number of anilines is 1. The predicted molar refractivity (Wildman–Crippen MR) is 94.7 cm³/mol. The molecule has 1 rings (SSSR count). The molecule has 6 nitrogen and oxygen atoms in total. The van der Waals surface area contributed by atoms with E-state index in [0.29, 0.717) is 22.2 Å². The minimum absolute atomic E-state index is 0.254. The maximum atomic E-state index is 12.1. The lowest BCUT2D eigenvalue weighted by Crippen LogP contribution is -2.38. The fraction of sp³-hybridized carbons (Fsp3) is 0.500. The van der Waals surface area contributed by atoms with Crippen molar-refractivity contribution in [3.63, 3.8) is 0 Å². The second kappa shape index (κ2) is 8.84. The summed E-state index contributed by atoms with van der Waals surface area (Å²) in [4.78, 5) is 14.0. The summed E-state index contributed by atoms with van der Waals surface area (Å²) >= 11 is 11.7. The Morgan fingerprint density at radius 2 is 1.70 bits per heavy atom. The zero-order valence-corrected chi connectivity index (χ0v) is 15.7. The number of carbonyl (C=O) groups is 1. The predicted octanol–water partition coefficient (Wildman–Crippen LogP) is 2.15. The van der Waals surface area contributed by atoms with E-state index in [2.05, 4.69) is 5.32 Å². The summed E-state index contributed by atoms with van der Waals surface area (Å²) in [6, 6.07) is 4.63. The number of amides is 1. The standard InChI is InChI=1S/C14H21Cl2N3O3S/c1-18(2)5-4-6-19(23(3,21)22)10-14(20)17-13-8-11(15)7-12(16)9-13/h7-9H,4-6,10H2,1-3H3,(H,17,20). The second-order valence-electron chi connectivity index (χ2n) is 5.46. The molecule has 0 aliphatic rings. The zero-order chi connectivity index (χ0) is 17.6. The average molecular weight is 382 g/mol. The van der Waals surface area contributed by atoms with E-state index in [9.17, 15) is 13.2 Å². The Bertz CT molecular complexity index is 630. The van der Waals surface area contributed by atoms with Gasteiger partial charge in [-0.2, -0.15) is 4.31 Å². The monoisotopic (exact) mass is 381 g/mol. The Hall–Kier alpha value is -0.860. The fourth-order valence-electron chi connectivity index (χ4n) is 1.91. The van der Waals surface area contributed by atoms with Crippen molar-refractivity contribution in [1.29, 1.82) is 0 Å². The summed E-state index contributed by atoms with van der Waals surface area (Å²) in [6.45, 7) is 0.759. The van der Waals surface area contributed by atoms with Crippen LogP contribution in [0.25, 0.3) is 0 Å². The van der Waals surface area contributed by atoms with Crippen molar-refractivity contribution in [2.45, 2.75) is 6.42 Å². The summed E-state index contributed by atoms with van der Waals surface area (Å²) < 4.78 is 24.7. The minimum Gasteiger partial charge on any atom is -0.325 e. The van der Waals surface area contributed by atoms with E-state index in [1.54, 1.807) is 18.2 Å². The number of hydrogen-bond donors (Lipinski definition) is 1. The molecule has 0 saturated carbocycles. The van der Waals surface area contributed by atoms with Crippen molar-refractivity contribution in [2.75, 3.05) is 45.3 Å². The quantitative estimate of drug-likeness (QED) is 0.748. The van der Waals surface area contributed by atoms with Gasteiger partial charge in [0.2, 0.25) is 15.9 Å². The molecule has 0 aromatic heterocycles. The van der Waals surface area contributed by atoms with Gasteiger partial charge in [0, 0.05) is 22.3 Å². The summed E-state index contributed by atoms with van der Waals surface area (Å²) in [5, 5.41) is 3.38. The molecule has 0 fully saturated rings. The molecule has 9 heteroatoms. The summed E-state index contributed by atoms with van der Waals surface area (Å²) in [6.07, 6.45) is 1.72. The normalized spacial score (nSPS) is 12.0. The Kier molecular flexibility index (Phi) is 7.76. The van der Waals surface area contributed by atoms with E-state index >= 15 is 0 Å². The van der Waals surface area contributed by atoms with E-state index in [1.807, 2.05) is 19.0 Å². The first-order valence-corrected chi connectivity index (χ1v) is 9.54. The highest BCUT2D eigenvalue weighted by molar-refractivity contribution is 7.88. The lowest BCUT2D eigenvalue weighted by molar-refractivity contribution is -0.116. The van der Waals surface area contributed by atoms with Gasteiger partial charge in [0.15, 0.2) is 0 Å². The van der Waals surface area contributed by atoms with Crippen molar-refractivity contribution in [1.82, 2.24) is 9.21 Å². The molecule has 1 N–H and O–H groups in total. The molecule has 130 valence electrons. The maximum Gasteiger partial charge on any atom is 0.239 e. The molecule has 1 aromatic carbocycles. The Labute approximate surface area is 147 Å². The zero-order valence-electron chi connectivity index (χ0n) is 13.3. The summed E-state index contributed by atoms with van der Waals surface area (Å²) in [5.41, 5.74) is 0.425. The van der Waals surface area contributed by atoms with Crippen LogP contribution in [0.15, 0.2) is 18.2 Å². The highest BCUT2D eigenvalue weighted by atomic mass is 35.5. The van der Waals surface area contributed by atoms with Crippen LogP contribution in [0.3, 0.4) is 0 Å². The van der Waals surface area contributed by atoms with E-state index in [-0.39, 0.29) is 13.1 Å². The summed E-state index contributed by atoms with van der Waals surface area (Å²) in [5.74, 6) is -0.446. The van der Waals surface area contributed by atoms with Crippen LogP contribution < -0.4 is 5.32 Å². The Balaban J connectivity index is 2.69. The molecule has 0 aliphatic heterocycles. The van der Waals surface area contributed by atoms with E-state index in [0.717, 1.165) is 17.1 Å². The lowest BCUT2D eigenvalue weighted by Gasteiger charge is -2.20. The Morgan fingerprint density at radius 3 is 2.17 bits per heavy atom. The third-order valence-corrected chi connectivity index (χ3v) is 4.63. The van der Waals surface area contributed by atoms with Gasteiger partial charge in [-0.25, -0.2) is 8.42 Å². The van der Waals surface area contributed by atoms with Gasteiger partial charge in [0.1, 0.15) is 0 Å². The van der Waals surface area contributed by atoms with Crippen LogP contribution in [-0.2, 0) is 14.8 Å². The van der Waals surface area contributed by atoms with Gasteiger partial charge in [0.05, 0.1) is 12.8 Å². The SMILES string of the molecule is CN(C)CCCN(CC(=O)Nc1cc(Cl)cc(Cl)c1)S(C)(=O)=O. The smallest absolute Gasteiger partial charge is 0.239 e. The molecule has 0 unspecified atom stereocenters. The van der Waals surface area contributed by atoms with E-state index in [4.69, 9.17) is 23.2 Å². The second-order valence-corrected chi connectivity index (χ2v) is 8.31. The van der Waals surface area contributed by atoms with Crippen LogP contribution in [-0.4, -0.2) is 63.5 Å². The highest BCUT2D eigenvalue weighted by Crippen LogP contribution is 2.22. The van der Waals surface area contributed by atoms with Crippen LogP contribution in [0.4, 0.5) is 5.69 Å². The largest absolute Gasteiger partial charge is 0.325 e. The Morgan fingerprint density at radius 1 is 1.13 bits per heavy atom. The van der Waals surface area contributed by atoms with Crippen LogP contribution >= 0.6 is 23.2 Å². The molecule has 0 heterocycles. The van der Waals surface area contributed by atoms with E-state index < -0.39 is 15.9 Å². The van der Waals surface area contributed by atoms with Crippen LogP contribution in [0.1, 0.15) is 6.42 Å². The summed E-state index contributed by atoms with van der Waals surface area (Å²) in [7, 11) is 0.342. The lowest BCUT2D eigenvalue weighted by atomic mass is 10.3. The maximum absolute atomic E-state index is 12.1. The number of nitrogens with one attached hydrogen (secondary N) is 1. The molecule has 0 aliphatic carbocycles. The molecule has 0 saturated heterocycles. The van der Waals surface area contributed by atoms with Gasteiger partial charge in [-0.15, -0.1) is 0 Å².